The Morgan fingerprint density at radius 2 is 1.85 bits per heavy atom. The van der Waals surface area contributed by atoms with Crippen molar-refractivity contribution in [1.82, 2.24) is 0 Å². The van der Waals surface area contributed by atoms with E-state index in [1.165, 1.54) is 5.56 Å². The van der Waals surface area contributed by atoms with Crippen LogP contribution in [0.4, 0.5) is 11.4 Å². The molecule has 5 nitrogen and oxygen atoms in total. The summed E-state index contributed by atoms with van der Waals surface area (Å²) in [6, 6.07) is 23.8. The van der Waals surface area contributed by atoms with E-state index in [-0.39, 0.29) is 10.6 Å². The van der Waals surface area contributed by atoms with Crippen LogP contribution >= 0.6 is 11.8 Å². The molecule has 168 valence electrons. The van der Waals surface area contributed by atoms with Crippen LogP contribution in [-0.2, 0) is 6.42 Å². The minimum absolute atomic E-state index is 0.103. The summed E-state index contributed by atoms with van der Waals surface area (Å²) in [5, 5.41) is 11.4. The predicted molar refractivity (Wildman–Crippen MR) is 139 cm³/mol. The van der Waals surface area contributed by atoms with Gasteiger partial charge in [0.05, 0.1) is 17.2 Å². The number of para-hydroxylation sites is 1. The molecule has 1 aliphatic rings. The van der Waals surface area contributed by atoms with Gasteiger partial charge in [0.25, 0.3) is 5.69 Å². The molecule has 0 spiro atoms. The Morgan fingerprint density at radius 3 is 2.67 bits per heavy atom. The molecule has 6 heteroatoms. The van der Waals surface area contributed by atoms with Gasteiger partial charge in [-0.2, -0.15) is 0 Å². The highest BCUT2D eigenvalue weighted by atomic mass is 32.2. The monoisotopic (exact) mass is 457 g/mol. The van der Waals surface area contributed by atoms with Gasteiger partial charge in [0, 0.05) is 41.9 Å². The second-order valence-electron chi connectivity index (χ2n) is 7.96. The molecule has 1 aliphatic heterocycles. The van der Waals surface area contributed by atoms with Crippen LogP contribution in [0.3, 0.4) is 0 Å². The third-order valence-electron chi connectivity index (χ3n) is 5.64. The summed E-state index contributed by atoms with van der Waals surface area (Å²) >= 11 is 1.74. The number of fused-ring (bicyclic) bond motifs is 1. The average Bonchev–Trinajstić information content (AvgIpc) is 3.00. The number of aliphatic imine (C=N–C) groups is 1. The maximum atomic E-state index is 11.4. The van der Waals surface area contributed by atoms with Crippen LogP contribution in [0.1, 0.15) is 23.1 Å². The summed E-state index contributed by atoms with van der Waals surface area (Å²) in [6.07, 6.45) is 6.02. The molecule has 3 aromatic rings. The standard InChI is InChI=1S/C27H27N3O2S/c1-29-18-17-28-25(24-11-5-6-12-26(24)29)15-13-22-20-23(30(31)32)14-16-27(22)33-19-7-10-21-8-3-2-4-9-21/h2-6,8-9,11-16,20H,7,10,17-19H2,1H3. The number of hydrogen-bond donors (Lipinski definition) is 0. The number of aryl methyl sites for hydroxylation is 1. The van der Waals surface area contributed by atoms with Crippen LogP contribution in [0.25, 0.3) is 6.08 Å². The fraction of sp³-hybridized carbons (Fsp3) is 0.222. The molecule has 0 bridgehead atoms. The summed E-state index contributed by atoms with van der Waals surface area (Å²) in [5.41, 5.74) is 5.42. The third-order valence-corrected chi connectivity index (χ3v) is 6.82. The van der Waals surface area contributed by atoms with E-state index in [9.17, 15) is 10.1 Å². The molecular formula is C27H27N3O2S. The van der Waals surface area contributed by atoms with E-state index in [4.69, 9.17) is 4.99 Å². The van der Waals surface area contributed by atoms with Crippen molar-refractivity contribution in [3.63, 3.8) is 0 Å². The zero-order valence-electron chi connectivity index (χ0n) is 18.7. The number of nitro groups is 1. The number of benzodiazepines with no additional fused rings is 1. The van der Waals surface area contributed by atoms with E-state index in [1.54, 1.807) is 23.9 Å². The van der Waals surface area contributed by atoms with Gasteiger partial charge in [0.15, 0.2) is 0 Å². The Bertz CT molecular complexity index is 1170. The number of non-ortho nitro benzene ring substituents is 1. The maximum absolute atomic E-state index is 11.4. The van der Waals surface area contributed by atoms with E-state index < -0.39 is 0 Å². The highest BCUT2D eigenvalue weighted by Gasteiger charge is 2.15. The Morgan fingerprint density at radius 1 is 1.06 bits per heavy atom. The summed E-state index contributed by atoms with van der Waals surface area (Å²) in [7, 11) is 2.08. The Kier molecular flexibility index (Phi) is 7.58. The largest absolute Gasteiger partial charge is 0.372 e. The lowest BCUT2D eigenvalue weighted by Crippen LogP contribution is -2.20. The molecule has 0 saturated heterocycles. The second-order valence-corrected chi connectivity index (χ2v) is 9.09. The van der Waals surface area contributed by atoms with E-state index >= 15 is 0 Å². The minimum atomic E-state index is -0.339. The number of allylic oxidation sites excluding steroid dienone is 1. The van der Waals surface area contributed by atoms with Crippen LogP contribution in [0, 0.1) is 10.1 Å². The molecule has 1 heterocycles. The van der Waals surface area contributed by atoms with E-state index in [1.807, 2.05) is 36.4 Å². The van der Waals surface area contributed by atoms with Crippen LogP contribution < -0.4 is 4.90 Å². The van der Waals surface area contributed by atoms with Crippen LogP contribution in [0.5, 0.6) is 0 Å². The molecular weight excluding hydrogens is 430 g/mol. The molecule has 0 amide bonds. The number of nitrogens with zero attached hydrogens (tertiary/aromatic N) is 3. The van der Waals surface area contributed by atoms with E-state index in [0.717, 1.165) is 52.6 Å². The molecule has 0 atom stereocenters. The molecule has 0 aromatic heterocycles. The van der Waals surface area contributed by atoms with Gasteiger partial charge in [-0.1, -0.05) is 54.6 Å². The third kappa shape index (κ3) is 5.90. The van der Waals surface area contributed by atoms with Gasteiger partial charge < -0.3 is 4.90 Å². The first kappa shape index (κ1) is 22.8. The molecule has 3 aromatic carbocycles. The molecule has 0 fully saturated rings. The Labute approximate surface area is 199 Å². The number of hydrogen-bond acceptors (Lipinski definition) is 5. The lowest BCUT2D eigenvalue weighted by molar-refractivity contribution is -0.384. The highest BCUT2D eigenvalue weighted by molar-refractivity contribution is 7.99. The Balaban J connectivity index is 1.53. The van der Waals surface area contributed by atoms with Crippen LogP contribution in [0.2, 0.25) is 0 Å². The van der Waals surface area contributed by atoms with E-state index in [0.29, 0.717) is 6.54 Å². The fourth-order valence-corrected chi connectivity index (χ4v) is 4.84. The topological polar surface area (TPSA) is 58.7 Å². The van der Waals surface area contributed by atoms with Crippen molar-refractivity contribution in [1.29, 1.82) is 0 Å². The summed E-state index contributed by atoms with van der Waals surface area (Å²) < 4.78 is 0. The zero-order valence-corrected chi connectivity index (χ0v) is 19.5. The molecule has 0 N–H and O–H groups in total. The van der Waals surface area contributed by atoms with Gasteiger partial charge >= 0.3 is 0 Å². The SMILES string of the molecule is CN1CCN=C(C=Cc2cc([N+](=O)[O-])ccc2SCCCc2ccccc2)c2ccccc21. The zero-order chi connectivity index (χ0) is 23.0. The van der Waals surface area contributed by atoms with Crippen molar-refractivity contribution in [2.75, 3.05) is 30.8 Å². The van der Waals surface area contributed by atoms with Gasteiger partial charge in [-0.15, -0.1) is 11.8 Å². The number of rotatable bonds is 8. The molecule has 0 unspecified atom stereocenters. The average molecular weight is 458 g/mol. The normalized spacial score (nSPS) is 13.5. The first-order valence-electron chi connectivity index (χ1n) is 11.1. The predicted octanol–water partition coefficient (Wildman–Crippen LogP) is 6.27. The number of likely N-dealkylation sites (N-methyl/N-ethyl adjacent to an activating group) is 1. The molecule has 33 heavy (non-hydrogen) atoms. The maximum Gasteiger partial charge on any atom is 0.270 e. The first-order valence-corrected chi connectivity index (χ1v) is 12.1. The molecule has 0 radical (unpaired) electrons. The Hall–Kier alpha value is -3.38. The number of nitro benzene ring substituents is 1. The molecule has 0 saturated carbocycles. The van der Waals surface area contributed by atoms with Crippen molar-refractivity contribution in [2.24, 2.45) is 4.99 Å². The number of benzene rings is 3. The van der Waals surface area contributed by atoms with E-state index in [2.05, 4.69) is 48.3 Å². The van der Waals surface area contributed by atoms with Crippen molar-refractivity contribution >= 4 is 34.9 Å². The number of anilines is 1. The number of thioether (sulfide) groups is 1. The van der Waals surface area contributed by atoms with Gasteiger partial charge in [-0.05, 0) is 47.9 Å². The lowest BCUT2D eigenvalue weighted by Gasteiger charge is -2.18. The van der Waals surface area contributed by atoms with Crippen molar-refractivity contribution < 1.29 is 4.92 Å². The smallest absolute Gasteiger partial charge is 0.270 e. The van der Waals surface area contributed by atoms with Gasteiger partial charge in [-0.25, -0.2) is 0 Å². The second kappa shape index (κ2) is 11.0. The lowest BCUT2D eigenvalue weighted by atomic mass is 10.1. The molecule has 0 aliphatic carbocycles. The first-order chi connectivity index (χ1) is 16.1. The highest BCUT2D eigenvalue weighted by Crippen LogP contribution is 2.29. The van der Waals surface area contributed by atoms with Gasteiger partial charge in [0.2, 0.25) is 0 Å². The van der Waals surface area contributed by atoms with Crippen LogP contribution in [-0.4, -0.2) is 36.5 Å². The van der Waals surface area contributed by atoms with Gasteiger partial charge in [-0.3, -0.25) is 15.1 Å². The van der Waals surface area contributed by atoms with Crippen molar-refractivity contribution in [3.8, 4) is 0 Å². The summed E-state index contributed by atoms with van der Waals surface area (Å²) in [5.74, 6) is 0.947. The summed E-state index contributed by atoms with van der Waals surface area (Å²) in [6.45, 7) is 1.56. The quantitative estimate of drug-likeness (QED) is 0.173. The molecule has 4 rings (SSSR count). The minimum Gasteiger partial charge on any atom is -0.372 e. The van der Waals surface area contributed by atoms with Gasteiger partial charge in [0.1, 0.15) is 0 Å². The van der Waals surface area contributed by atoms with Crippen LogP contribution in [0.15, 0.2) is 88.8 Å². The summed E-state index contributed by atoms with van der Waals surface area (Å²) in [4.78, 5) is 19.1. The fourth-order valence-electron chi connectivity index (χ4n) is 3.87. The van der Waals surface area contributed by atoms with Crippen molar-refractivity contribution in [2.45, 2.75) is 17.7 Å². The van der Waals surface area contributed by atoms with Crippen molar-refractivity contribution in [3.05, 3.63) is 106 Å².